The van der Waals surface area contributed by atoms with E-state index >= 15 is 0 Å². The molecule has 0 saturated heterocycles. The van der Waals surface area contributed by atoms with Crippen molar-refractivity contribution in [3.05, 3.63) is 34.5 Å². The van der Waals surface area contributed by atoms with Gasteiger partial charge in [0.1, 0.15) is 0 Å². The predicted octanol–water partition coefficient (Wildman–Crippen LogP) is 2.45. The maximum Gasteiger partial charge on any atom is 0.307 e. The fourth-order valence-corrected chi connectivity index (χ4v) is 2.32. The van der Waals surface area contributed by atoms with Gasteiger partial charge >= 0.3 is 5.97 Å². The molecular formula is C12H12N2O2S. The molecule has 0 fully saturated rings. The molecule has 0 spiro atoms. The van der Waals surface area contributed by atoms with Gasteiger partial charge in [0.2, 0.25) is 0 Å². The van der Waals surface area contributed by atoms with E-state index in [4.69, 9.17) is 5.11 Å². The maximum atomic E-state index is 10.7. The zero-order valence-electron chi connectivity index (χ0n) is 9.60. The molecule has 0 aromatic carbocycles. The summed E-state index contributed by atoms with van der Waals surface area (Å²) in [7, 11) is 0. The number of hydrogen-bond donors (Lipinski definition) is 1. The number of carboxylic acids is 1. The number of aryl methyl sites for hydroxylation is 2. The lowest BCUT2D eigenvalue weighted by molar-refractivity contribution is -0.136. The lowest BCUT2D eigenvalue weighted by Gasteiger charge is -2.08. The molecule has 0 amide bonds. The summed E-state index contributed by atoms with van der Waals surface area (Å²) in [5.74, 6) is -0.187. The van der Waals surface area contributed by atoms with Crippen molar-refractivity contribution < 1.29 is 9.90 Å². The minimum absolute atomic E-state index is 0.0254. The Labute approximate surface area is 103 Å². The highest BCUT2D eigenvalue weighted by atomic mass is 32.1. The first-order valence-electron chi connectivity index (χ1n) is 5.17. The van der Waals surface area contributed by atoms with Crippen LogP contribution in [0.5, 0.6) is 0 Å². The Morgan fingerprint density at radius 3 is 2.47 bits per heavy atom. The average Bonchev–Trinajstić information content (AvgIpc) is 2.76. The summed E-state index contributed by atoms with van der Waals surface area (Å²) in [6, 6.07) is 3.90. The number of rotatable bonds is 3. The van der Waals surface area contributed by atoms with Crippen molar-refractivity contribution >= 4 is 17.3 Å². The molecule has 5 heteroatoms. The standard InChI is InChI=1S/C12H12N2O2S/c1-7-9(6-11(15)16)8(2)14-12(13-7)10-4-3-5-17-10/h3-5H,6H2,1-2H3,(H,15,16). The van der Waals surface area contributed by atoms with E-state index in [9.17, 15) is 4.79 Å². The molecule has 0 saturated carbocycles. The van der Waals surface area contributed by atoms with E-state index in [1.54, 1.807) is 11.3 Å². The van der Waals surface area contributed by atoms with Crippen LogP contribution in [-0.2, 0) is 11.2 Å². The van der Waals surface area contributed by atoms with Crippen LogP contribution in [0.25, 0.3) is 10.7 Å². The van der Waals surface area contributed by atoms with Crippen molar-refractivity contribution in [3.63, 3.8) is 0 Å². The molecule has 0 bridgehead atoms. The second kappa shape index (κ2) is 4.63. The van der Waals surface area contributed by atoms with Crippen LogP contribution in [0.2, 0.25) is 0 Å². The van der Waals surface area contributed by atoms with Gasteiger partial charge in [0.05, 0.1) is 11.3 Å². The van der Waals surface area contributed by atoms with E-state index < -0.39 is 5.97 Å². The molecule has 88 valence electrons. The summed E-state index contributed by atoms with van der Waals surface area (Å²) in [5, 5.41) is 10.8. The van der Waals surface area contributed by atoms with E-state index in [0.29, 0.717) is 11.4 Å². The zero-order valence-corrected chi connectivity index (χ0v) is 10.4. The first kappa shape index (κ1) is 11.7. The lowest BCUT2D eigenvalue weighted by atomic mass is 10.1. The first-order valence-corrected chi connectivity index (χ1v) is 6.05. The molecule has 0 radical (unpaired) electrons. The Morgan fingerprint density at radius 1 is 1.35 bits per heavy atom. The number of nitrogens with zero attached hydrogens (tertiary/aromatic N) is 2. The summed E-state index contributed by atoms with van der Waals surface area (Å²) >= 11 is 1.57. The SMILES string of the molecule is Cc1nc(-c2cccs2)nc(C)c1CC(=O)O. The molecule has 0 aliphatic heterocycles. The van der Waals surface area contributed by atoms with E-state index in [1.807, 2.05) is 31.4 Å². The third-order valence-electron chi connectivity index (χ3n) is 2.49. The molecule has 1 N–H and O–H groups in total. The Kier molecular flexibility index (Phi) is 3.19. The molecule has 2 heterocycles. The Morgan fingerprint density at radius 2 is 2.00 bits per heavy atom. The van der Waals surface area contributed by atoms with Gasteiger partial charge in [0.25, 0.3) is 0 Å². The van der Waals surface area contributed by atoms with Crippen LogP contribution in [0.3, 0.4) is 0 Å². The summed E-state index contributed by atoms with van der Waals surface area (Å²) in [4.78, 5) is 20.5. The Bertz CT molecular complexity index is 527. The molecule has 0 aliphatic carbocycles. The molecule has 17 heavy (non-hydrogen) atoms. The Balaban J connectivity index is 2.45. The molecular weight excluding hydrogens is 236 g/mol. The topological polar surface area (TPSA) is 63.1 Å². The number of carbonyl (C=O) groups is 1. The van der Waals surface area contributed by atoms with Crippen molar-refractivity contribution in [3.8, 4) is 10.7 Å². The van der Waals surface area contributed by atoms with Crippen LogP contribution >= 0.6 is 11.3 Å². The lowest BCUT2D eigenvalue weighted by Crippen LogP contribution is -2.08. The third kappa shape index (κ3) is 2.50. The highest BCUT2D eigenvalue weighted by Gasteiger charge is 2.12. The van der Waals surface area contributed by atoms with Crippen LogP contribution < -0.4 is 0 Å². The van der Waals surface area contributed by atoms with Gasteiger partial charge in [-0.15, -0.1) is 11.3 Å². The largest absolute Gasteiger partial charge is 0.481 e. The van der Waals surface area contributed by atoms with Gasteiger partial charge < -0.3 is 5.11 Å². The maximum absolute atomic E-state index is 10.7. The third-order valence-corrected chi connectivity index (χ3v) is 3.36. The second-order valence-electron chi connectivity index (χ2n) is 3.74. The number of thiophene rings is 1. The van der Waals surface area contributed by atoms with E-state index in [-0.39, 0.29) is 6.42 Å². The molecule has 0 aliphatic rings. The fraction of sp³-hybridized carbons (Fsp3) is 0.250. The van der Waals surface area contributed by atoms with E-state index in [1.165, 1.54) is 0 Å². The van der Waals surface area contributed by atoms with Crippen LogP contribution in [0.4, 0.5) is 0 Å². The van der Waals surface area contributed by atoms with Gasteiger partial charge in [0.15, 0.2) is 5.82 Å². The number of aromatic nitrogens is 2. The van der Waals surface area contributed by atoms with Gasteiger partial charge in [-0.3, -0.25) is 4.79 Å². The minimum Gasteiger partial charge on any atom is -0.481 e. The summed E-state index contributed by atoms with van der Waals surface area (Å²) in [6.07, 6.45) is -0.0254. The molecule has 2 rings (SSSR count). The van der Waals surface area contributed by atoms with Crippen molar-refractivity contribution in [1.29, 1.82) is 0 Å². The number of hydrogen-bond acceptors (Lipinski definition) is 4. The van der Waals surface area contributed by atoms with E-state index in [0.717, 1.165) is 16.3 Å². The quantitative estimate of drug-likeness (QED) is 0.906. The van der Waals surface area contributed by atoms with Crippen LogP contribution in [-0.4, -0.2) is 21.0 Å². The van der Waals surface area contributed by atoms with Gasteiger partial charge in [-0.25, -0.2) is 9.97 Å². The van der Waals surface area contributed by atoms with Crippen LogP contribution in [0, 0.1) is 13.8 Å². The molecule has 0 atom stereocenters. The van der Waals surface area contributed by atoms with Gasteiger partial charge in [-0.1, -0.05) is 6.07 Å². The van der Waals surface area contributed by atoms with Crippen molar-refractivity contribution in [2.75, 3.05) is 0 Å². The summed E-state index contributed by atoms with van der Waals surface area (Å²) in [5.41, 5.74) is 2.18. The van der Waals surface area contributed by atoms with Crippen molar-refractivity contribution in [2.24, 2.45) is 0 Å². The van der Waals surface area contributed by atoms with Crippen molar-refractivity contribution in [2.45, 2.75) is 20.3 Å². The first-order chi connectivity index (χ1) is 8.08. The average molecular weight is 248 g/mol. The molecule has 0 unspecified atom stereocenters. The van der Waals surface area contributed by atoms with Crippen molar-refractivity contribution in [1.82, 2.24) is 9.97 Å². The number of carboxylic acid groups (broad SMARTS) is 1. The van der Waals surface area contributed by atoms with Gasteiger partial charge in [-0.05, 0) is 25.3 Å². The highest BCUT2D eigenvalue weighted by Crippen LogP contribution is 2.23. The molecule has 4 nitrogen and oxygen atoms in total. The monoisotopic (exact) mass is 248 g/mol. The zero-order chi connectivity index (χ0) is 12.4. The second-order valence-corrected chi connectivity index (χ2v) is 4.69. The van der Waals surface area contributed by atoms with Crippen LogP contribution in [0.1, 0.15) is 17.0 Å². The number of aliphatic carboxylic acids is 1. The minimum atomic E-state index is -0.858. The highest BCUT2D eigenvalue weighted by molar-refractivity contribution is 7.13. The van der Waals surface area contributed by atoms with E-state index in [2.05, 4.69) is 9.97 Å². The van der Waals surface area contributed by atoms with Gasteiger partial charge in [-0.2, -0.15) is 0 Å². The fourth-order valence-electron chi connectivity index (χ4n) is 1.66. The predicted molar refractivity (Wildman–Crippen MR) is 66.2 cm³/mol. The smallest absolute Gasteiger partial charge is 0.307 e. The Hall–Kier alpha value is -1.75. The van der Waals surface area contributed by atoms with Crippen LogP contribution in [0.15, 0.2) is 17.5 Å². The summed E-state index contributed by atoms with van der Waals surface area (Å²) < 4.78 is 0. The van der Waals surface area contributed by atoms with Gasteiger partial charge in [0, 0.05) is 17.0 Å². The normalized spacial score (nSPS) is 10.5. The summed E-state index contributed by atoms with van der Waals surface area (Å²) in [6.45, 7) is 3.65. The molecule has 2 aromatic heterocycles. The molecule has 2 aromatic rings.